The van der Waals surface area contributed by atoms with Crippen molar-refractivity contribution in [3.8, 4) is 11.5 Å². The molecule has 2 radical (unpaired) electrons. The van der Waals surface area contributed by atoms with Crippen molar-refractivity contribution in [3.05, 3.63) is 72.9 Å². The van der Waals surface area contributed by atoms with Crippen LogP contribution in [0.1, 0.15) is 40.5 Å². The van der Waals surface area contributed by atoms with Crippen LogP contribution in [0.25, 0.3) is 0 Å². The number of methoxy groups -OCH3 is 2. The van der Waals surface area contributed by atoms with Crippen molar-refractivity contribution >= 4 is 11.9 Å². The number of ether oxygens (including phenoxy) is 2. The van der Waals surface area contributed by atoms with Crippen molar-refractivity contribution in [3.63, 3.8) is 0 Å². The topological polar surface area (TPSA) is 89.5 Å². The quantitative estimate of drug-likeness (QED) is 0.395. The third kappa shape index (κ3) is 7.06. The van der Waals surface area contributed by atoms with Crippen LogP contribution in [0.5, 0.6) is 11.5 Å². The van der Waals surface area contributed by atoms with Crippen molar-refractivity contribution in [2.75, 3.05) is 14.2 Å². The Hall–Kier alpha value is -3.10. The van der Waals surface area contributed by atoms with Gasteiger partial charge < -0.3 is 9.47 Å². The van der Waals surface area contributed by atoms with Gasteiger partial charge in [0.25, 0.3) is 0 Å². The fourth-order valence-electron chi connectivity index (χ4n) is 2.19. The Morgan fingerprint density at radius 1 is 0.767 bits per heavy atom. The smallest absolute Gasteiger partial charge is 0.373 e. The van der Waals surface area contributed by atoms with Gasteiger partial charge in [0.05, 0.1) is 25.3 Å². The molecule has 0 N–H and O–H groups in total. The maximum absolute atomic E-state index is 12.1. The molecule has 0 fully saturated rings. The molecule has 0 aliphatic heterocycles. The summed E-state index contributed by atoms with van der Waals surface area (Å²) in [6.07, 6.45) is 0.583. The molecule has 30 heavy (non-hydrogen) atoms. The molecule has 2 rings (SSSR count). The molecule has 0 saturated carbocycles. The van der Waals surface area contributed by atoms with Crippen LogP contribution in [0.15, 0.2) is 48.5 Å². The molecule has 160 valence electrons. The Morgan fingerprint density at radius 3 is 1.50 bits per heavy atom. The first-order valence-electron chi connectivity index (χ1n) is 9.17. The summed E-state index contributed by atoms with van der Waals surface area (Å²) in [6.45, 7) is 5.68. The number of hydrogen-bond acceptors (Lipinski definition) is 8. The van der Waals surface area contributed by atoms with Crippen LogP contribution in [-0.2, 0) is 19.6 Å². The zero-order valence-electron chi connectivity index (χ0n) is 17.1. The van der Waals surface area contributed by atoms with Gasteiger partial charge in [0.1, 0.15) is 11.5 Å². The van der Waals surface area contributed by atoms with Crippen LogP contribution in [0.2, 0.25) is 0 Å². The minimum atomic E-state index is -0.748. The average molecular weight is 416 g/mol. The first kappa shape index (κ1) is 23.2. The Morgan fingerprint density at radius 2 is 1.17 bits per heavy atom. The van der Waals surface area contributed by atoms with Crippen molar-refractivity contribution in [1.29, 1.82) is 0 Å². The maximum atomic E-state index is 12.1. The van der Waals surface area contributed by atoms with E-state index in [0.29, 0.717) is 17.9 Å². The summed E-state index contributed by atoms with van der Waals surface area (Å²) in [5.74, 6) is -0.278. The Bertz CT molecular complexity index is 737. The van der Waals surface area contributed by atoms with E-state index in [0.717, 1.165) is 0 Å². The summed E-state index contributed by atoms with van der Waals surface area (Å²) in [5, 5.41) is 0. The standard InChI is InChI=1S/C22H24O8/c1-5-15(2)14-20(27-29-21(23)16-6-10-18(25-3)11-7-16)28-30-22(24)17-8-12-19(26-4)13-9-17/h6-13,15H,1,5,14H2,2-4H3. The Balaban J connectivity index is 1.93. The third-order valence-electron chi connectivity index (χ3n) is 4.08. The van der Waals surface area contributed by atoms with Gasteiger partial charge in [-0.3, -0.25) is 9.78 Å². The second-order valence-corrected chi connectivity index (χ2v) is 6.34. The normalized spacial score (nSPS) is 11.6. The van der Waals surface area contributed by atoms with Gasteiger partial charge >= 0.3 is 18.2 Å². The van der Waals surface area contributed by atoms with Gasteiger partial charge in [-0.15, -0.1) is 9.78 Å². The number of hydrogen-bond donors (Lipinski definition) is 0. The van der Waals surface area contributed by atoms with Crippen LogP contribution in [0.3, 0.4) is 0 Å². The van der Waals surface area contributed by atoms with Crippen molar-refractivity contribution in [2.45, 2.75) is 19.8 Å². The van der Waals surface area contributed by atoms with E-state index in [1.807, 2.05) is 6.92 Å². The number of carbonyl (C=O) groups excluding carboxylic acids is 2. The molecule has 8 heteroatoms. The lowest BCUT2D eigenvalue weighted by Gasteiger charge is -2.16. The number of carbonyl (C=O) groups is 2. The summed E-state index contributed by atoms with van der Waals surface area (Å²) in [4.78, 5) is 43.9. The van der Waals surface area contributed by atoms with Gasteiger partial charge in [0, 0.05) is 6.42 Å². The Kier molecular flexibility index (Phi) is 9.11. The molecule has 2 aromatic rings. The highest BCUT2D eigenvalue weighted by atomic mass is 17.3. The molecular formula is C22H24O8. The van der Waals surface area contributed by atoms with Crippen LogP contribution in [0.4, 0.5) is 0 Å². The van der Waals surface area contributed by atoms with Gasteiger partial charge in [-0.1, -0.05) is 20.3 Å². The molecule has 1 unspecified atom stereocenters. The van der Waals surface area contributed by atoms with E-state index in [1.165, 1.54) is 38.5 Å². The number of benzene rings is 2. The van der Waals surface area contributed by atoms with Crippen LogP contribution < -0.4 is 9.47 Å². The summed E-state index contributed by atoms with van der Waals surface area (Å²) in [6, 6.07) is 12.5. The highest BCUT2D eigenvalue weighted by Crippen LogP contribution is 2.22. The van der Waals surface area contributed by atoms with E-state index >= 15 is 0 Å². The highest BCUT2D eigenvalue weighted by Gasteiger charge is 2.23. The van der Waals surface area contributed by atoms with Gasteiger partial charge in [-0.2, -0.15) is 0 Å². The zero-order chi connectivity index (χ0) is 21.9. The Labute approximate surface area is 175 Å². The van der Waals surface area contributed by atoms with E-state index in [-0.39, 0.29) is 29.8 Å². The van der Waals surface area contributed by atoms with E-state index in [9.17, 15) is 9.59 Å². The largest absolute Gasteiger partial charge is 0.497 e. The predicted molar refractivity (Wildman–Crippen MR) is 106 cm³/mol. The molecule has 0 amide bonds. The van der Waals surface area contributed by atoms with Crippen LogP contribution in [0, 0.1) is 19.1 Å². The van der Waals surface area contributed by atoms with Gasteiger partial charge in [-0.05, 0) is 54.4 Å². The summed E-state index contributed by atoms with van der Waals surface area (Å²) >= 11 is 0. The molecule has 0 aliphatic rings. The van der Waals surface area contributed by atoms with Crippen molar-refractivity contribution in [1.82, 2.24) is 0 Å². The summed E-state index contributed by atoms with van der Waals surface area (Å²) in [7, 11) is 3.04. The van der Waals surface area contributed by atoms with Crippen LogP contribution >= 0.6 is 0 Å². The van der Waals surface area contributed by atoms with E-state index in [4.69, 9.17) is 29.0 Å². The molecule has 8 nitrogen and oxygen atoms in total. The average Bonchev–Trinajstić information content (AvgIpc) is 2.80. The molecule has 0 saturated heterocycles. The highest BCUT2D eigenvalue weighted by molar-refractivity contribution is 5.89. The molecule has 0 spiro atoms. The minimum absolute atomic E-state index is 0.0272. The summed E-state index contributed by atoms with van der Waals surface area (Å²) in [5.41, 5.74) is 0.492. The molecule has 2 aromatic carbocycles. The van der Waals surface area contributed by atoms with Crippen molar-refractivity contribution in [2.24, 2.45) is 5.92 Å². The first-order chi connectivity index (χ1) is 14.5. The maximum Gasteiger partial charge on any atom is 0.373 e. The second-order valence-electron chi connectivity index (χ2n) is 6.34. The molecule has 0 aromatic heterocycles. The predicted octanol–water partition coefficient (Wildman–Crippen LogP) is 4.32. The first-order valence-corrected chi connectivity index (χ1v) is 9.17. The molecule has 0 aliphatic carbocycles. The van der Waals surface area contributed by atoms with Gasteiger partial charge in [0.15, 0.2) is 0 Å². The summed E-state index contributed by atoms with van der Waals surface area (Å²) < 4.78 is 10.1. The lowest BCUT2D eigenvalue weighted by Crippen LogP contribution is -2.18. The molecule has 0 bridgehead atoms. The second kappa shape index (κ2) is 11.8. The van der Waals surface area contributed by atoms with Crippen molar-refractivity contribution < 1.29 is 38.6 Å². The fraction of sp³-hybridized carbons (Fsp3) is 0.273. The van der Waals surface area contributed by atoms with Gasteiger partial charge in [0.2, 0.25) is 0 Å². The van der Waals surface area contributed by atoms with Crippen LogP contribution in [-0.4, -0.2) is 26.2 Å². The minimum Gasteiger partial charge on any atom is -0.497 e. The number of rotatable bonds is 11. The lowest BCUT2D eigenvalue weighted by molar-refractivity contribution is -0.365. The van der Waals surface area contributed by atoms with E-state index in [1.54, 1.807) is 24.3 Å². The SMILES string of the molecule is [CH2]CC(C)C[C](OOC(=O)c1ccc(OC)cc1)OOC(=O)c1ccc(OC)cc1. The monoisotopic (exact) mass is 416 g/mol. The van der Waals surface area contributed by atoms with Gasteiger partial charge in [-0.25, -0.2) is 9.59 Å². The molecule has 1 atom stereocenters. The fourth-order valence-corrected chi connectivity index (χ4v) is 2.19. The zero-order valence-corrected chi connectivity index (χ0v) is 17.1. The van der Waals surface area contributed by atoms with E-state index < -0.39 is 11.9 Å². The third-order valence-corrected chi connectivity index (χ3v) is 4.08. The lowest BCUT2D eigenvalue weighted by atomic mass is 10.1. The van der Waals surface area contributed by atoms with E-state index in [2.05, 4.69) is 6.92 Å². The molecular weight excluding hydrogens is 392 g/mol. The molecule has 0 heterocycles.